The van der Waals surface area contributed by atoms with Gasteiger partial charge in [0.25, 0.3) is 0 Å². The highest BCUT2D eigenvalue weighted by Crippen LogP contribution is 2.42. The molecule has 1 saturated heterocycles. The molecule has 4 nitrogen and oxygen atoms in total. The molecule has 5 rings (SSSR count). The largest absolute Gasteiger partial charge is 0.383 e. The minimum Gasteiger partial charge on any atom is -0.383 e. The number of hydrogen-bond donors (Lipinski definition) is 1. The van der Waals surface area contributed by atoms with Crippen molar-refractivity contribution in [2.45, 2.75) is 49.6 Å². The van der Waals surface area contributed by atoms with Crippen LogP contribution in [0.25, 0.3) is 10.2 Å². The lowest BCUT2D eigenvalue weighted by atomic mass is 9.83. The number of aromatic nitrogens is 2. The van der Waals surface area contributed by atoms with Gasteiger partial charge in [-0.2, -0.15) is 0 Å². The molecule has 1 fully saturated rings. The molecule has 1 aromatic carbocycles. The van der Waals surface area contributed by atoms with E-state index in [0.717, 1.165) is 40.5 Å². The van der Waals surface area contributed by atoms with Gasteiger partial charge < -0.3 is 10.6 Å². The number of nitrogens with two attached hydrogens (primary N) is 1. The molecule has 6 heteroatoms. The first-order valence-corrected chi connectivity index (χ1v) is 12.6. The number of benzene rings is 1. The summed E-state index contributed by atoms with van der Waals surface area (Å²) in [5, 5.41) is 1.96. The third-order valence-electron chi connectivity index (χ3n) is 6.27. The number of nitrogen functional groups attached to an aromatic ring is 1. The first-order valence-electron chi connectivity index (χ1n) is 10.8. The lowest BCUT2D eigenvalue weighted by molar-refractivity contribution is 0.242. The fourth-order valence-corrected chi connectivity index (χ4v) is 6.92. The minimum atomic E-state index is 0.601. The first kappa shape index (κ1) is 19.3. The van der Waals surface area contributed by atoms with Crippen molar-refractivity contribution < 1.29 is 0 Å². The Hall–Kier alpha value is -1.63. The van der Waals surface area contributed by atoms with Gasteiger partial charge in [0.15, 0.2) is 5.16 Å². The number of aryl methyl sites for hydroxylation is 1. The molecule has 0 bridgehead atoms. The summed E-state index contributed by atoms with van der Waals surface area (Å²) in [6, 6.07) is 10.9. The molecular formula is C23H28N4S2. The van der Waals surface area contributed by atoms with Crippen LogP contribution in [0.4, 0.5) is 5.82 Å². The molecule has 1 unspecified atom stereocenters. The summed E-state index contributed by atoms with van der Waals surface area (Å²) in [6.45, 7) is 3.59. The number of rotatable bonds is 5. The Bertz CT molecular complexity index is 979. The van der Waals surface area contributed by atoms with Crippen molar-refractivity contribution in [2.75, 3.05) is 31.1 Å². The van der Waals surface area contributed by atoms with E-state index in [0.29, 0.717) is 11.7 Å². The van der Waals surface area contributed by atoms with Gasteiger partial charge in [-0.25, -0.2) is 9.97 Å². The molecular weight excluding hydrogens is 396 g/mol. The molecule has 2 aromatic heterocycles. The van der Waals surface area contributed by atoms with Crippen molar-refractivity contribution in [1.82, 2.24) is 14.9 Å². The van der Waals surface area contributed by atoms with Crippen LogP contribution in [0.1, 0.15) is 47.6 Å². The van der Waals surface area contributed by atoms with Crippen LogP contribution in [0.5, 0.6) is 0 Å². The van der Waals surface area contributed by atoms with E-state index in [1.807, 2.05) is 11.3 Å². The van der Waals surface area contributed by atoms with Gasteiger partial charge in [0.1, 0.15) is 10.6 Å². The Balaban J connectivity index is 1.32. The number of nitrogens with zero attached hydrogens (tertiary/aromatic N) is 3. The van der Waals surface area contributed by atoms with Gasteiger partial charge in [-0.15, -0.1) is 11.3 Å². The van der Waals surface area contributed by atoms with Crippen LogP contribution in [-0.4, -0.2) is 40.3 Å². The van der Waals surface area contributed by atoms with Crippen LogP contribution in [0.3, 0.4) is 0 Å². The van der Waals surface area contributed by atoms with Crippen LogP contribution >= 0.6 is 23.1 Å². The molecule has 3 heterocycles. The number of piperidine rings is 1. The highest BCUT2D eigenvalue weighted by atomic mass is 32.2. The van der Waals surface area contributed by atoms with Crippen LogP contribution in [0.15, 0.2) is 35.5 Å². The van der Waals surface area contributed by atoms with E-state index in [2.05, 4.69) is 40.2 Å². The average molecular weight is 425 g/mol. The summed E-state index contributed by atoms with van der Waals surface area (Å²) in [5.41, 5.74) is 9.27. The summed E-state index contributed by atoms with van der Waals surface area (Å²) < 4.78 is 0. The highest BCUT2D eigenvalue weighted by Gasteiger charge is 2.26. The summed E-state index contributed by atoms with van der Waals surface area (Å²) in [5.74, 6) is 2.31. The first-order chi connectivity index (χ1) is 14.3. The lowest BCUT2D eigenvalue weighted by Crippen LogP contribution is -2.31. The smallest absolute Gasteiger partial charge is 0.190 e. The molecule has 1 aliphatic carbocycles. The zero-order valence-corrected chi connectivity index (χ0v) is 18.4. The van der Waals surface area contributed by atoms with Gasteiger partial charge in [0.2, 0.25) is 0 Å². The number of anilines is 1. The summed E-state index contributed by atoms with van der Waals surface area (Å²) in [6.07, 6.45) is 7.40. The monoisotopic (exact) mass is 424 g/mol. The fraction of sp³-hybridized carbons (Fsp3) is 0.478. The number of thiophene rings is 1. The van der Waals surface area contributed by atoms with E-state index in [1.54, 1.807) is 11.8 Å². The third-order valence-corrected chi connectivity index (χ3v) is 8.25. The van der Waals surface area contributed by atoms with Gasteiger partial charge in [-0.1, -0.05) is 48.5 Å². The maximum Gasteiger partial charge on any atom is 0.190 e. The predicted molar refractivity (Wildman–Crippen MR) is 124 cm³/mol. The zero-order chi connectivity index (χ0) is 19.6. The second-order valence-corrected chi connectivity index (χ2v) is 10.3. The minimum absolute atomic E-state index is 0.601. The van der Waals surface area contributed by atoms with E-state index in [-0.39, 0.29) is 0 Å². The maximum absolute atomic E-state index is 6.42. The molecule has 29 heavy (non-hydrogen) atoms. The molecule has 1 aliphatic heterocycles. The van der Waals surface area contributed by atoms with Crippen LogP contribution in [0.2, 0.25) is 0 Å². The Morgan fingerprint density at radius 2 is 1.93 bits per heavy atom. The van der Waals surface area contributed by atoms with E-state index in [1.165, 1.54) is 54.8 Å². The second-order valence-electron chi connectivity index (χ2n) is 8.18. The van der Waals surface area contributed by atoms with Gasteiger partial charge in [-0.05, 0) is 62.2 Å². The van der Waals surface area contributed by atoms with Gasteiger partial charge in [-0.3, -0.25) is 0 Å². The molecule has 152 valence electrons. The van der Waals surface area contributed by atoms with Crippen molar-refractivity contribution in [1.29, 1.82) is 0 Å². The van der Waals surface area contributed by atoms with E-state index in [4.69, 9.17) is 10.7 Å². The number of likely N-dealkylation sites (tertiary alicyclic amines) is 1. The summed E-state index contributed by atoms with van der Waals surface area (Å²) >= 11 is 3.58. The van der Waals surface area contributed by atoms with Crippen LogP contribution < -0.4 is 5.73 Å². The molecule has 2 aliphatic rings. The standard InChI is InChI=1S/C23H28N4S2/c24-21-20-18-10-9-17(16-7-3-1-4-8-16)15-19(18)29-22(20)26-23(25-21)28-14-13-27-11-5-2-6-12-27/h1,3-4,7-8,17H,2,5-6,9-15H2,(H2,24,25,26). The SMILES string of the molecule is Nc1nc(SCCN2CCCCC2)nc2sc3c(c12)CCC(c1ccccc1)C3. The van der Waals surface area contributed by atoms with E-state index < -0.39 is 0 Å². The van der Waals surface area contributed by atoms with Gasteiger partial charge in [0, 0.05) is 17.2 Å². The summed E-state index contributed by atoms with van der Waals surface area (Å²) in [4.78, 5) is 14.6. The predicted octanol–water partition coefficient (Wildman–Crippen LogP) is 5.12. The normalized spacial score (nSPS) is 20.1. The number of hydrogen-bond acceptors (Lipinski definition) is 6. The highest BCUT2D eigenvalue weighted by molar-refractivity contribution is 7.99. The molecule has 2 N–H and O–H groups in total. The zero-order valence-electron chi connectivity index (χ0n) is 16.8. The van der Waals surface area contributed by atoms with Crippen molar-refractivity contribution in [3.05, 3.63) is 46.3 Å². The molecule has 3 aromatic rings. The maximum atomic E-state index is 6.42. The summed E-state index contributed by atoms with van der Waals surface area (Å²) in [7, 11) is 0. The third kappa shape index (κ3) is 4.16. The van der Waals surface area contributed by atoms with Gasteiger partial charge >= 0.3 is 0 Å². The Morgan fingerprint density at radius 3 is 2.76 bits per heavy atom. The Kier molecular flexibility index (Phi) is 5.75. The second kappa shape index (κ2) is 8.62. The quantitative estimate of drug-likeness (QED) is 0.455. The van der Waals surface area contributed by atoms with Gasteiger partial charge in [0.05, 0.1) is 5.39 Å². The van der Waals surface area contributed by atoms with E-state index >= 15 is 0 Å². The molecule has 1 atom stereocenters. The molecule has 0 amide bonds. The number of fused-ring (bicyclic) bond motifs is 3. The molecule has 0 saturated carbocycles. The fourth-order valence-electron chi connectivity index (χ4n) is 4.71. The molecule has 0 radical (unpaired) electrons. The van der Waals surface area contributed by atoms with Crippen molar-refractivity contribution in [3.63, 3.8) is 0 Å². The Labute approximate surface area is 180 Å². The lowest BCUT2D eigenvalue weighted by Gasteiger charge is -2.25. The topological polar surface area (TPSA) is 55.0 Å². The van der Waals surface area contributed by atoms with Crippen LogP contribution in [0, 0.1) is 0 Å². The van der Waals surface area contributed by atoms with Crippen molar-refractivity contribution in [2.24, 2.45) is 0 Å². The number of thioether (sulfide) groups is 1. The molecule has 0 spiro atoms. The van der Waals surface area contributed by atoms with Crippen molar-refractivity contribution in [3.8, 4) is 0 Å². The average Bonchev–Trinajstić information content (AvgIpc) is 3.13. The van der Waals surface area contributed by atoms with Crippen LogP contribution in [-0.2, 0) is 12.8 Å². The Morgan fingerprint density at radius 1 is 1.10 bits per heavy atom. The van der Waals surface area contributed by atoms with E-state index in [9.17, 15) is 0 Å². The van der Waals surface area contributed by atoms with Crippen molar-refractivity contribution >= 4 is 39.1 Å².